The molecule has 0 fully saturated rings. The maximum Gasteiger partial charge on any atom is 0.167 e. The fourth-order valence-electron chi connectivity index (χ4n) is 3.57. The van der Waals surface area contributed by atoms with E-state index in [9.17, 15) is 0 Å². The summed E-state index contributed by atoms with van der Waals surface area (Å²) in [6.07, 6.45) is 5.09. The lowest BCUT2D eigenvalue weighted by molar-refractivity contribution is 0.249. The summed E-state index contributed by atoms with van der Waals surface area (Å²) in [5.74, 6) is 3.28. The second-order valence-corrected chi connectivity index (χ2v) is 5.94. The van der Waals surface area contributed by atoms with Gasteiger partial charge in [0.15, 0.2) is 11.5 Å². The van der Waals surface area contributed by atoms with E-state index in [0.717, 1.165) is 62.6 Å². The van der Waals surface area contributed by atoms with Crippen LogP contribution in [0.5, 0.6) is 17.2 Å². The Hall–Kier alpha value is -1.42. The Morgan fingerprint density at radius 3 is 2.43 bits per heavy atom. The zero-order chi connectivity index (χ0) is 14.8. The average molecular weight is 291 g/mol. The zero-order valence-electron chi connectivity index (χ0n) is 13.0. The van der Waals surface area contributed by atoms with Crippen LogP contribution in [0.25, 0.3) is 0 Å². The number of benzene rings is 1. The van der Waals surface area contributed by atoms with E-state index < -0.39 is 0 Å². The number of hydrogen-bond donors (Lipinski definition) is 1. The summed E-state index contributed by atoms with van der Waals surface area (Å²) in [7, 11) is 1.73. The van der Waals surface area contributed by atoms with Crippen molar-refractivity contribution in [1.82, 2.24) is 0 Å². The third-order valence-electron chi connectivity index (χ3n) is 4.53. The Morgan fingerprint density at radius 2 is 1.76 bits per heavy atom. The van der Waals surface area contributed by atoms with Gasteiger partial charge in [-0.25, -0.2) is 0 Å². The monoisotopic (exact) mass is 291 g/mol. The van der Waals surface area contributed by atoms with Gasteiger partial charge in [0.2, 0.25) is 0 Å². The molecule has 0 bridgehead atoms. The Balaban J connectivity index is 2.21. The van der Waals surface area contributed by atoms with Crippen molar-refractivity contribution in [2.24, 2.45) is 5.73 Å². The maximum atomic E-state index is 6.05. The first-order valence-electron chi connectivity index (χ1n) is 7.99. The molecule has 3 rings (SSSR count). The highest BCUT2D eigenvalue weighted by atomic mass is 16.5. The first kappa shape index (κ1) is 14.5. The summed E-state index contributed by atoms with van der Waals surface area (Å²) >= 11 is 0. The topological polar surface area (TPSA) is 53.7 Å². The molecule has 1 atom stereocenters. The molecule has 2 aliphatic rings. The minimum Gasteiger partial charge on any atom is -0.493 e. The third kappa shape index (κ3) is 2.46. The molecule has 0 saturated heterocycles. The van der Waals surface area contributed by atoms with E-state index in [1.54, 1.807) is 7.11 Å². The lowest BCUT2D eigenvalue weighted by Gasteiger charge is -2.32. The van der Waals surface area contributed by atoms with Gasteiger partial charge in [0.05, 0.1) is 20.3 Å². The van der Waals surface area contributed by atoms with Gasteiger partial charge >= 0.3 is 0 Å². The van der Waals surface area contributed by atoms with Crippen LogP contribution < -0.4 is 19.9 Å². The van der Waals surface area contributed by atoms with Crippen LogP contribution in [-0.4, -0.2) is 26.9 Å². The molecule has 0 saturated carbocycles. The van der Waals surface area contributed by atoms with Crippen LogP contribution in [0, 0.1) is 0 Å². The highest BCUT2D eigenvalue weighted by Gasteiger charge is 2.31. The van der Waals surface area contributed by atoms with Crippen LogP contribution in [0.3, 0.4) is 0 Å². The highest BCUT2D eigenvalue weighted by molar-refractivity contribution is 5.65. The molecule has 0 spiro atoms. The molecule has 0 aliphatic carbocycles. The molecule has 1 aromatic rings. The van der Waals surface area contributed by atoms with E-state index in [1.807, 2.05) is 0 Å². The van der Waals surface area contributed by atoms with Crippen molar-refractivity contribution in [3.63, 3.8) is 0 Å². The summed E-state index contributed by atoms with van der Waals surface area (Å²) in [6, 6.07) is 0. The van der Waals surface area contributed by atoms with Gasteiger partial charge in [0.1, 0.15) is 5.75 Å². The molecule has 1 aromatic carbocycles. The van der Waals surface area contributed by atoms with E-state index >= 15 is 0 Å². The van der Waals surface area contributed by atoms with Gasteiger partial charge in [-0.3, -0.25) is 0 Å². The van der Waals surface area contributed by atoms with Crippen molar-refractivity contribution < 1.29 is 14.2 Å². The number of ether oxygens (including phenoxy) is 3. The second-order valence-electron chi connectivity index (χ2n) is 5.94. The van der Waals surface area contributed by atoms with Crippen molar-refractivity contribution >= 4 is 0 Å². The van der Waals surface area contributed by atoms with Crippen molar-refractivity contribution in [3.05, 3.63) is 16.7 Å². The maximum absolute atomic E-state index is 6.05. The molecule has 0 radical (unpaired) electrons. The average Bonchev–Trinajstić information content (AvgIpc) is 2.52. The predicted molar refractivity (Wildman–Crippen MR) is 82.7 cm³/mol. The molecule has 0 aromatic heterocycles. The van der Waals surface area contributed by atoms with Crippen LogP contribution in [0.15, 0.2) is 0 Å². The molecule has 2 N–H and O–H groups in total. The van der Waals surface area contributed by atoms with Gasteiger partial charge in [-0.05, 0) is 44.6 Å². The van der Waals surface area contributed by atoms with E-state index in [4.69, 9.17) is 19.9 Å². The molecular weight excluding hydrogens is 266 g/mol. The van der Waals surface area contributed by atoms with Gasteiger partial charge in [-0.2, -0.15) is 0 Å². The van der Waals surface area contributed by atoms with Gasteiger partial charge in [0, 0.05) is 16.7 Å². The van der Waals surface area contributed by atoms with Crippen molar-refractivity contribution in [2.45, 2.75) is 44.9 Å². The number of methoxy groups -OCH3 is 1. The SMILES string of the molecule is COc1c2c(c(C(C)CCN)c3c1OCCC3)OCCC2. The number of rotatable bonds is 4. The zero-order valence-corrected chi connectivity index (χ0v) is 13.0. The molecule has 2 aliphatic heterocycles. The number of fused-ring (bicyclic) bond motifs is 2. The Labute approximate surface area is 126 Å². The van der Waals surface area contributed by atoms with Gasteiger partial charge < -0.3 is 19.9 Å². The Bertz CT molecular complexity index is 490. The van der Waals surface area contributed by atoms with E-state index in [-0.39, 0.29) is 0 Å². The summed E-state index contributed by atoms with van der Waals surface area (Å²) in [5, 5.41) is 0. The van der Waals surface area contributed by atoms with E-state index in [2.05, 4.69) is 6.92 Å². The quantitative estimate of drug-likeness (QED) is 0.927. The summed E-state index contributed by atoms with van der Waals surface area (Å²) < 4.78 is 17.7. The third-order valence-corrected chi connectivity index (χ3v) is 4.53. The molecule has 116 valence electrons. The molecule has 4 nitrogen and oxygen atoms in total. The first-order chi connectivity index (χ1) is 10.3. The van der Waals surface area contributed by atoms with Crippen LogP contribution in [0.1, 0.15) is 48.8 Å². The Kier molecular flexibility index (Phi) is 4.24. The fraction of sp³-hybridized carbons (Fsp3) is 0.647. The summed E-state index contributed by atoms with van der Waals surface area (Å²) in [6.45, 7) is 4.49. The highest BCUT2D eigenvalue weighted by Crippen LogP contribution is 2.50. The minimum atomic E-state index is 0.392. The van der Waals surface area contributed by atoms with Crippen molar-refractivity contribution in [1.29, 1.82) is 0 Å². The standard InChI is InChI=1S/C17H25NO3/c1-11(7-8-18)14-12-5-3-10-21-17(12)16(19-2)13-6-4-9-20-15(13)14/h11H,3-10,18H2,1-2H3. The normalized spacial score (nSPS) is 18.0. The lowest BCUT2D eigenvalue weighted by Crippen LogP contribution is -2.20. The van der Waals surface area contributed by atoms with Crippen LogP contribution in [0.2, 0.25) is 0 Å². The van der Waals surface area contributed by atoms with Gasteiger partial charge in [0.25, 0.3) is 0 Å². The molecule has 4 heteroatoms. The van der Waals surface area contributed by atoms with E-state index in [1.165, 1.54) is 16.7 Å². The second kappa shape index (κ2) is 6.14. The molecule has 0 amide bonds. The van der Waals surface area contributed by atoms with Crippen LogP contribution in [-0.2, 0) is 12.8 Å². The largest absolute Gasteiger partial charge is 0.493 e. The minimum absolute atomic E-state index is 0.392. The van der Waals surface area contributed by atoms with E-state index in [0.29, 0.717) is 12.5 Å². The van der Waals surface area contributed by atoms with Gasteiger partial charge in [-0.15, -0.1) is 0 Å². The smallest absolute Gasteiger partial charge is 0.167 e. The van der Waals surface area contributed by atoms with Crippen molar-refractivity contribution in [3.8, 4) is 17.2 Å². The van der Waals surface area contributed by atoms with Gasteiger partial charge in [-0.1, -0.05) is 6.92 Å². The predicted octanol–water partition coefficient (Wildman–Crippen LogP) is 2.80. The molecular formula is C17H25NO3. The van der Waals surface area contributed by atoms with Crippen LogP contribution in [0.4, 0.5) is 0 Å². The molecule has 2 heterocycles. The van der Waals surface area contributed by atoms with Crippen molar-refractivity contribution in [2.75, 3.05) is 26.9 Å². The first-order valence-corrected chi connectivity index (χ1v) is 7.99. The Morgan fingerprint density at radius 1 is 1.10 bits per heavy atom. The fourth-order valence-corrected chi connectivity index (χ4v) is 3.57. The molecule has 1 unspecified atom stereocenters. The lowest BCUT2D eigenvalue weighted by atomic mass is 9.85. The van der Waals surface area contributed by atoms with Crippen LogP contribution >= 0.6 is 0 Å². The molecule has 21 heavy (non-hydrogen) atoms. The summed E-state index contributed by atoms with van der Waals surface area (Å²) in [4.78, 5) is 0. The summed E-state index contributed by atoms with van der Waals surface area (Å²) in [5.41, 5.74) is 9.55. The number of nitrogens with two attached hydrogens (primary N) is 1. The number of hydrogen-bond acceptors (Lipinski definition) is 4.